The molecule has 0 radical (unpaired) electrons. The largest absolute Gasteiger partial charge is 0.465 e. The minimum Gasteiger partial charge on any atom is -0.465 e. The summed E-state index contributed by atoms with van der Waals surface area (Å²) < 4.78 is 12.3. The zero-order valence-electron chi connectivity index (χ0n) is 16.4. The fourth-order valence-electron chi connectivity index (χ4n) is 4.41. The minimum absolute atomic E-state index is 0.424. The van der Waals surface area contributed by atoms with Crippen LogP contribution in [-0.4, -0.2) is 30.7 Å². The summed E-state index contributed by atoms with van der Waals surface area (Å²) in [4.78, 5) is 25.2. The summed E-state index contributed by atoms with van der Waals surface area (Å²) in [6.07, 6.45) is 0. The summed E-state index contributed by atoms with van der Waals surface area (Å²) in [6.45, 7) is 2.98. The Morgan fingerprint density at radius 3 is 1.55 bits per heavy atom. The van der Waals surface area contributed by atoms with Crippen LogP contribution in [0.15, 0.2) is 48.5 Å². The van der Waals surface area contributed by atoms with Crippen molar-refractivity contribution >= 4 is 55.3 Å². The lowest BCUT2D eigenvalue weighted by atomic mass is 9.95. The van der Waals surface area contributed by atoms with Gasteiger partial charge in [0.05, 0.1) is 25.3 Å². The van der Waals surface area contributed by atoms with Gasteiger partial charge in [0.1, 0.15) is 0 Å². The highest BCUT2D eigenvalue weighted by Crippen LogP contribution is 2.36. The summed E-state index contributed by atoms with van der Waals surface area (Å²) in [5.74, 6) is -0.878. The van der Waals surface area contributed by atoms with Crippen molar-refractivity contribution in [1.29, 1.82) is 0 Å². The Kier molecular flexibility index (Phi) is 3.74. The standard InChI is InChI=1S/C24H19NO4/c1-4-25-21-7-5-13-9-17(21)18-10-14(6-8-22(18)25)16-11-19(23(26)28-2)15(13)12-20(16)24(27)29-3/h5-12H,4H2,1-3H3. The van der Waals surface area contributed by atoms with E-state index in [2.05, 4.69) is 35.8 Å². The van der Waals surface area contributed by atoms with Gasteiger partial charge in [-0.15, -0.1) is 0 Å². The molecule has 144 valence electrons. The van der Waals surface area contributed by atoms with E-state index in [1.54, 1.807) is 12.1 Å². The molecular formula is C24H19NO4. The maximum Gasteiger partial charge on any atom is 0.338 e. The fraction of sp³-hybridized carbons (Fsp3) is 0.167. The normalized spacial score (nSPS) is 11.7. The van der Waals surface area contributed by atoms with Crippen LogP contribution in [0.2, 0.25) is 0 Å². The molecule has 0 aliphatic carbocycles. The molecule has 1 aromatic heterocycles. The first-order valence-electron chi connectivity index (χ1n) is 9.48. The summed E-state index contributed by atoms with van der Waals surface area (Å²) in [5.41, 5.74) is 3.14. The van der Waals surface area contributed by atoms with E-state index in [0.29, 0.717) is 21.9 Å². The SMILES string of the molecule is CCn1c2ccc3cc2c2cc(ccc21)c1cc(C(=O)OC)c3cc1C(=O)OC. The van der Waals surface area contributed by atoms with Gasteiger partial charge in [-0.1, -0.05) is 12.1 Å². The number of fused-ring (bicyclic) bond motifs is 2. The number of rotatable bonds is 3. The van der Waals surface area contributed by atoms with E-state index in [1.807, 2.05) is 12.1 Å². The molecule has 0 saturated carbocycles. The van der Waals surface area contributed by atoms with E-state index in [0.717, 1.165) is 39.1 Å². The third-order valence-corrected chi connectivity index (χ3v) is 5.77. The van der Waals surface area contributed by atoms with Crippen LogP contribution in [0.1, 0.15) is 27.6 Å². The lowest BCUT2D eigenvalue weighted by Gasteiger charge is -2.10. The molecule has 0 aliphatic heterocycles. The molecule has 0 fully saturated rings. The van der Waals surface area contributed by atoms with Gasteiger partial charge in [-0.2, -0.15) is 0 Å². The highest BCUT2D eigenvalue weighted by atomic mass is 16.5. The number of methoxy groups -OCH3 is 2. The maximum atomic E-state index is 12.6. The van der Waals surface area contributed by atoms with Crippen molar-refractivity contribution in [2.24, 2.45) is 0 Å². The molecule has 0 aliphatic rings. The van der Waals surface area contributed by atoms with Crippen molar-refractivity contribution < 1.29 is 19.1 Å². The van der Waals surface area contributed by atoms with Gasteiger partial charge in [0.25, 0.3) is 0 Å². The summed E-state index contributed by atoms with van der Waals surface area (Å²) in [6, 6.07) is 15.8. The quantitative estimate of drug-likeness (QED) is 0.404. The topological polar surface area (TPSA) is 57.5 Å². The second-order valence-corrected chi connectivity index (χ2v) is 7.13. The second kappa shape index (κ2) is 6.21. The van der Waals surface area contributed by atoms with Gasteiger partial charge >= 0.3 is 11.9 Å². The summed E-state index contributed by atoms with van der Waals surface area (Å²) in [5, 5.41) is 5.28. The van der Waals surface area contributed by atoms with Crippen molar-refractivity contribution in [3.05, 3.63) is 59.7 Å². The highest BCUT2D eigenvalue weighted by Gasteiger charge is 2.20. The summed E-state index contributed by atoms with van der Waals surface area (Å²) >= 11 is 0. The lowest BCUT2D eigenvalue weighted by Crippen LogP contribution is -2.07. The van der Waals surface area contributed by atoms with E-state index in [9.17, 15) is 9.59 Å². The number of carbonyl (C=O) groups is 2. The monoisotopic (exact) mass is 385 g/mol. The van der Waals surface area contributed by atoms with Gasteiger partial charge in [-0.3, -0.25) is 0 Å². The van der Waals surface area contributed by atoms with Crippen LogP contribution in [-0.2, 0) is 16.0 Å². The van der Waals surface area contributed by atoms with E-state index in [1.165, 1.54) is 14.2 Å². The molecular weight excluding hydrogens is 366 g/mol. The van der Waals surface area contributed by atoms with Gasteiger partial charge in [0.2, 0.25) is 0 Å². The lowest BCUT2D eigenvalue weighted by molar-refractivity contribution is 0.0590. The van der Waals surface area contributed by atoms with Crippen molar-refractivity contribution in [3.8, 4) is 0 Å². The smallest absolute Gasteiger partial charge is 0.338 e. The molecule has 29 heavy (non-hydrogen) atoms. The van der Waals surface area contributed by atoms with Crippen molar-refractivity contribution in [2.75, 3.05) is 14.2 Å². The molecule has 5 heteroatoms. The molecule has 6 aromatic rings. The molecule has 0 unspecified atom stereocenters. The van der Waals surface area contributed by atoms with Gasteiger partial charge in [-0.05, 0) is 64.9 Å². The summed E-state index contributed by atoms with van der Waals surface area (Å²) in [7, 11) is 2.72. The molecule has 0 atom stereocenters. The van der Waals surface area contributed by atoms with Crippen LogP contribution in [0.3, 0.4) is 0 Å². The first-order valence-corrected chi connectivity index (χ1v) is 9.48. The number of hydrogen-bond acceptors (Lipinski definition) is 4. The predicted octanol–water partition coefficient (Wildman–Crippen LogP) is 5.13. The Morgan fingerprint density at radius 1 is 0.724 bits per heavy atom. The Morgan fingerprint density at radius 2 is 1.17 bits per heavy atom. The minimum atomic E-state index is -0.439. The van der Waals surface area contributed by atoms with E-state index >= 15 is 0 Å². The molecule has 1 heterocycles. The Labute approximate surface area is 166 Å². The molecule has 5 aromatic carbocycles. The van der Waals surface area contributed by atoms with Crippen LogP contribution in [0.5, 0.6) is 0 Å². The number of nitrogens with zero attached hydrogens (tertiary/aromatic N) is 1. The van der Waals surface area contributed by atoms with E-state index in [-0.39, 0.29) is 0 Å². The van der Waals surface area contributed by atoms with Crippen molar-refractivity contribution in [3.63, 3.8) is 0 Å². The molecule has 0 N–H and O–H groups in total. The van der Waals surface area contributed by atoms with Crippen LogP contribution in [0.25, 0.3) is 43.4 Å². The Bertz CT molecular complexity index is 1340. The van der Waals surface area contributed by atoms with Crippen LogP contribution in [0, 0.1) is 0 Å². The number of ether oxygens (including phenoxy) is 2. The average Bonchev–Trinajstić information content (AvgIpc) is 3.10. The van der Waals surface area contributed by atoms with Gasteiger partial charge in [0.15, 0.2) is 0 Å². The highest BCUT2D eigenvalue weighted by molar-refractivity contribution is 6.19. The number of aryl methyl sites for hydroxylation is 1. The average molecular weight is 385 g/mol. The van der Waals surface area contributed by atoms with E-state index < -0.39 is 11.9 Å². The Hall–Kier alpha value is -3.60. The molecule has 5 nitrogen and oxygen atoms in total. The number of hydrogen-bond donors (Lipinski definition) is 0. The van der Waals surface area contributed by atoms with Gasteiger partial charge in [0, 0.05) is 28.4 Å². The first kappa shape index (κ1) is 17.5. The van der Waals surface area contributed by atoms with Crippen LogP contribution < -0.4 is 0 Å². The number of carbonyl (C=O) groups excluding carboxylic acids is 2. The zero-order chi connectivity index (χ0) is 20.3. The number of aromatic nitrogens is 1. The zero-order valence-corrected chi connectivity index (χ0v) is 16.4. The third kappa shape index (κ3) is 2.34. The third-order valence-electron chi connectivity index (χ3n) is 5.77. The molecule has 6 rings (SSSR count). The Balaban J connectivity index is 2.12. The van der Waals surface area contributed by atoms with Gasteiger partial charge in [-0.25, -0.2) is 9.59 Å². The van der Waals surface area contributed by atoms with Crippen molar-refractivity contribution in [2.45, 2.75) is 13.5 Å². The first-order chi connectivity index (χ1) is 14.1. The molecule has 0 spiro atoms. The maximum absolute atomic E-state index is 12.6. The molecule has 0 saturated heterocycles. The molecule has 6 bridgehead atoms. The van der Waals surface area contributed by atoms with E-state index in [4.69, 9.17) is 9.47 Å². The fourth-order valence-corrected chi connectivity index (χ4v) is 4.41. The van der Waals surface area contributed by atoms with Crippen molar-refractivity contribution in [1.82, 2.24) is 4.57 Å². The second-order valence-electron chi connectivity index (χ2n) is 7.13. The van der Waals surface area contributed by atoms with Gasteiger partial charge < -0.3 is 14.0 Å². The predicted molar refractivity (Wildman–Crippen MR) is 114 cm³/mol. The van der Waals surface area contributed by atoms with Crippen LogP contribution >= 0.6 is 0 Å². The number of benzene rings is 3. The number of esters is 2. The van der Waals surface area contributed by atoms with Crippen LogP contribution in [0.4, 0.5) is 0 Å². The molecule has 0 amide bonds.